The van der Waals surface area contributed by atoms with E-state index in [4.69, 9.17) is 11.6 Å². The number of benzene rings is 2. The molecule has 29 heavy (non-hydrogen) atoms. The average molecular weight is 405 g/mol. The van der Waals surface area contributed by atoms with Gasteiger partial charge in [-0.25, -0.2) is 4.68 Å². The number of rotatable bonds is 2. The first kappa shape index (κ1) is 17.7. The zero-order chi connectivity index (χ0) is 20.1. The molecule has 0 radical (unpaired) electrons. The van der Waals surface area contributed by atoms with E-state index in [9.17, 15) is 9.90 Å². The number of fused-ring (bicyclic) bond motifs is 3. The van der Waals surface area contributed by atoms with Crippen molar-refractivity contribution in [1.29, 1.82) is 0 Å². The number of carbonyl (C=O) groups excluding carboxylic acids is 1. The molecule has 0 saturated carbocycles. The Hall–Kier alpha value is -3.38. The molecule has 7 heteroatoms. The molecule has 1 aliphatic carbocycles. The van der Waals surface area contributed by atoms with Crippen LogP contribution >= 0.6 is 11.6 Å². The molecule has 1 aliphatic rings. The Morgan fingerprint density at radius 2 is 1.83 bits per heavy atom. The van der Waals surface area contributed by atoms with Crippen LogP contribution in [0.3, 0.4) is 0 Å². The van der Waals surface area contributed by atoms with E-state index in [2.05, 4.69) is 16.3 Å². The minimum Gasteiger partial charge on any atom is -0.504 e. The lowest BCUT2D eigenvalue weighted by Gasteiger charge is -2.14. The summed E-state index contributed by atoms with van der Waals surface area (Å²) in [4.78, 5) is 13.2. The van der Waals surface area contributed by atoms with Crippen LogP contribution in [0.1, 0.15) is 27.3 Å². The molecule has 0 saturated heterocycles. The number of aromatic nitrogens is 4. The largest absolute Gasteiger partial charge is 0.504 e. The molecule has 2 aromatic carbocycles. The zero-order valence-electron chi connectivity index (χ0n) is 15.6. The molecular weight excluding hydrogens is 388 g/mol. The van der Waals surface area contributed by atoms with Crippen LogP contribution in [-0.4, -0.2) is 30.6 Å². The number of carbonyl (C=O) groups is 1. The highest BCUT2D eigenvalue weighted by Gasteiger charge is 2.27. The van der Waals surface area contributed by atoms with E-state index in [0.717, 1.165) is 35.4 Å². The van der Waals surface area contributed by atoms with Gasteiger partial charge in [-0.05, 0) is 49.6 Å². The number of aromatic hydroxyl groups is 1. The van der Waals surface area contributed by atoms with Crippen LogP contribution in [0, 0.1) is 6.92 Å². The lowest BCUT2D eigenvalue weighted by atomic mass is 9.89. The predicted molar refractivity (Wildman–Crippen MR) is 110 cm³/mol. The second-order valence-electron chi connectivity index (χ2n) is 7.07. The summed E-state index contributed by atoms with van der Waals surface area (Å²) in [5.74, 6) is -0.655. The number of hydrogen-bond donors (Lipinski definition) is 1. The first-order valence-corrected chi connectivity index (χ1v) is 9.67. The van der Waals surface area contributed by atoms with Crippen molar-refractivity contribution in [2.45, 2.75) is 19.8 Å². The second kappa shape index (κ2) is 6.60. The fourth-order valence-electron chi connectivity index (χ4n) is 3.82. The minimum absolute atomic E-state index is 0.0452. The molecule has 4 aromatic rings. The van der Waals surface area contributed by atoms with E-state index in [1.807, 2.05) is 25.1 Å². The standard InChI is InChI=1S/C22H17ClN4O2/c1-13-17-11-6-14-4-2-3-5-18(14)20(17)25-27(13)22(29)21-19(28)12-26(24-21)16-9-7-15(23)8-10-16/h2-5,7-10,12,28H,6,11H2,1H3. The van der Waals surface area contributed by atoms with Crippen molar-refractivity contribution in [2.75, 3.05) is 0 Å². The SMILES string of the molecule is Cc1c2c(nn1C(=O)c1nn(-c3ccc(Cl)cc3)cc1O)-c1ccccc1CC2. The normalized spacial score (nSPS) is 12.5. The van der Waals surface area contributed by atoms with Gasteiger partial charge in [0.15, 0.2) is 11.4 Å². The van der Waals surface area contributed by atoms with Gasteiger partial charge in [0.25, 0.3) is 0 Å². The van der Waals surface area contributed by atoms with Gasteiger partial charge in [-0.15, -0.1) is 0 Å². The molecule has 144 valence electrons. The van der Waals surface area contributed by atoms with Crippen molar-refractivity contribution < 1.29 is 9.90 Å². The Morgan fingerprint density at radius 1 is 1.07 bits per heavy atom. The lowest BCUT2D eigenvalue weighted by molar-refractivity contribution is 0.0935. The van der Waals surface area contributed by atoms with Crippen LogP contribution < -0.4 is 0 Å². The first-order valence-electron chi connectivity index (χ1n) is 9.29. The summed E-state index contributed by atoms with van der Waals surface area (Å²) in [6.45, 7) is 1.88. The van der Waals surface area contributed by atoms with Gasteiger partial charge in [-0.2, -0.15) is 14.9 Å². The minimum atomic E-state index is -0.459. The molecule has 0 spiro atoms. The fraction of sp³-hybridized carbons (Fsp3) is 0.136. The van der Waals surface area contributed by atoms with Crippen LogP contribution in [0.25, 0.3) is 16.9 Å². The van der Waals surface area contributed by atoms with Gasteiger partial charge >= 0.3 is 5.91 Å². The van der Waals surface area contributed by atoms with Crippen molar-refractivity contribution in [3.8, 4) is 22.7 Å². The zero-order valence-corrected chi connectivity index (χ0v) is 16.4. The van der Waals surface area contributed by atoms with E-state index in [1.54, 1.807) is 24.3 Å². The van der Waals surface area contributed by atoms with Crippen molar-refractivity contribution in [3.05, 3.63) is 82.3 Å². The number of hydrogen-bond acceptors (Lipinski definition) is 4. The molecule has 5 rings (SSSR count). The van der Waals surface area contributed by atoms with E-state index in [-0.39, 0.29) is 11.4 Å². The molecule has 2 heterocycles. The van der Waals surface area contributed by atoms with E-state index in [1.165, 1.54) is 21.1 Å². The van der Waals surface area contributed by atoms with Gasteiger partial charge in [0.2, 0.25) is 0 Å². The number of aryl methyl sites for hydroxylation is 1. The summed E-state index contributed by atoms with van der Waals surface area (Å²) in [6.07, 6.45) is 3.15. The van der Waals surface area contributed by atoms with Crippen LogP contribution in [0.5, 0.6) is 5.75 Å². The van der Waals surface area contributed by atoms with Crippen LogP contribution in [0.15, 0.2) is 54.7 Å². The Bertz CT molecular complexity index is 1250. The Balaban J connectivity index is 1.56. The smallest absolute Gasteiger partial charge is 0.302 e. The third kappa shape index (κ3) is 2.84. The van der Waals surface area contributed by atoms with Gasteiger partial charge in [0.05, 0.1) is 17.6 Å². The molecule has 0 atom stereocenters. The fourth-order valence-corrected chi connectivity index (χ4v) is 3.95. The van der Waals surface area contributed by atoms with E-state index >= 15 is 0 Å². The average Bonchev–Trinajstić information content (AvgIpc) is 3.28. The third-order valence-electron chi connectivity index (χ3n) is 5.34. The van der Waals surface area contributed by atoms with E-state index < -0.39 is 5.91 Å². The topological polar surface area (TPSA) is 72.9 Å². The maximum atomic E-state index is 13.2. The highest BCUT2D eigenvalue weighted by atomic mass is 35.5. The van der Waals surface area contributed by atoms with E-state index in [0.29, 0.717) is 10.7 Å². The number of nitrogens with zero attached hydrogens (tertiary/aromatic N) is 4. The van der Waals surface area contributed by atoms with Crippen LogP contribution in [-0.2, 0) is 12.8 Å². The molecule has 0 aliphatic heterocycles. The summed E-state index contributed by atoms with van der Waals surface area (Å²) in [6, 6.07) is 15.1. The van der Waals surface area contributed by atoms with Gasteiger partial charge in [-0.1, -0.05) is 35.9 Å². The molecule has 0 amide bonds. The molecule has 0 fully saturated rings. The summed E-state index contributed by atoms with van der Waals surface area (Å²) in [5.41, 5.74) is 5.60. The molecule has 2 aromatic heterocycles. The van der Waals surface area contributed by atoms with Crippen molar-refractivity contribution in [1.82, 2.24) is 19.6 Å². The van der Waals surface area contributed by atoms with Crippen molar-refractivity contribution in [2.24, 2.45) is 0 Å². The Kier molecular flexibility index (Phi) is 4.03. The van der Waals surface area contributed by atoms with Gasteiger partial charge in [0, 0.05) is 21.8 Å². The molecule has 0 bridgehead atoms. The molecule has 1 N–H and O–H groups in total. The number of halogens is 1. The molecular formula is C22H17ClN4O2. The maximum Gasteiger partial charge on any atom is 0.302 e. The molecule has 0 unspecified atom stereocenters. The lowest BCUT2D eigenvalue weighted by Crippen LogP contribution is -2.16. The van der Waals surface area contributed by atoms with Gasteiger partial charge in [-0.3, -0.25) is 4.79 Å². The monoisotopic (exact) mass is 404 g/mol. The summed E-state index contributed by atoms with van der Waals surface area (Å²) >= 11 is 5.92. The molecule has 6 nitrogen and oxygen atoms in total. The van der Waals surface area contributed by atoms with Gasteiger partial charge < -0.3 is 5.11 Å². The van der Waals surface area contributed by atoms with Crippen LogP contribution in [0.2, 0.25) is 5.02 Å². The Morgan fingerprint density at radius 3 is 2.62 bits per heavy atom. The summed E-state index contributed by atoms with van der Waals surface area (Å²) in [5, 5.41) is 19.8. The maximum absolute atomic E-state index is 13.2. The summed E-state index contributed by atoms with van der Waals surface area (Å²) < 4.78 is 2.80. The Labute approximate surface area is 172 Å². The van der Waals surface area contributed by atoms with Crippen molar-refractivity contribution >= 4 is 17.5 Å². The highest BCUT2D eigenvalue weighted by Crippen LogP contribution is 2.34. The summed E-state index contributed by atoms with van der Waals surface area (Å²) in [7, 11) is 0. The second-order valence-corrected chi connectivity index (χ2v) is 7.51. The quantitative estimate of drug-likeness (QED) is 0.543. The predicted octanol–water partition coefficient (Wildman–Crippen LogP) is 4.19. The van der Waals surface area contributed by atoms with Crippen LogP contribution in [0.4, 0.5) is 0 Å². The van der Waals surface area contributed by atoms with Crippen molar-refractivity contribution in [3.63, 3.8) is 0 Å². The van der Waals surface area contributed by atoms with Gasteiger partial charge in [0.1, 0.15) is 0 Å². The highest BCUT2D eigenvalue weighted by molar-refractivity contribution is 6.30. The first-order chi connectivity index (χ1) is 14.0. The third-order valence-corrected chi connectivity index (χ3v) is 5.59.